The lowest BCUT2D eigenvalue weighted by Gasteiger charge is -2.15. The molecule has 0 saturated heterocycles. The number of phosphoric acid groups is 1. The second kappa shape index (κ2) is 20.6. The van der Waals surface area contributed by atoms with E-state index in [4.69, 9.17) is 13.8 Å². The molecule has 0 aliphatic heterocycles. The van der Waals surface area contributed by atoms with Gasteiger partial charge < -0.3 is 20.1 Å². The number of esters is 1. The third-order valence-corrected chi connectivity index (χ3v) is 5.77. The highest BCUT2D eigenvalue weighted by Gasteiger charge is 2.23. The van der Waals surface area contributed by atoms with E-state index in [1.54, 1.807) is 0 Å². The number of carbonyl (C=O) groups is 2. The molecule has 0 aromatic carbocycles. The average molecular weight is 482 g/mol. The largest absolute Gasteiger partial charge is 0.472 e. The van der Waals surface area contributed by atoms with Crippen molar-refractivity contribution in [3.8, 4) is 0 Å². The van der Waals surface area contributed by atoms with E-state index in [9.17, 15) is 24.2 Å². The predicted molar refractivity (Wildman–Crippen MR) is 123 cm³/mol. The lowest BCUT2D eigenvalue weighted by atomic mass is 10.1. The number of aliphatic hydroxyl groups is 1. The summed E-state index contributed by atoms with van der Waals surface area (Å²) in [5, 5.41) is 12.4. The first-order valence-corrected chi connectivity index (χ1v) is 13.5. The van der Waals surface area contributed by atoms with Crippen LogP contribution >= 0.6 is 7.82 Å². The molecule has 0 fully saturated rings. The standard InChI is InChI=1S/C22H44NO8P/c1-3-5-7-9-11-13-15-22(26)29-18-20(24)19-31-32(27,28)30-17-16-23-21(25)14-12-10-8-6-4-2/h20,24H,3-19H2,1-2H3,(H,23,25)(H,27,28). The van der Waals surface area contributed by atoms with E-state index in [0.29, 0.717) is 6.42 Å². The third kappa shape index (κ3) is 20.9. The topological polar surface area (TPSA) is 131 Å². The summed E-state index contributed by atoms with van der Waals surface area (Å²) in [6, 6.07) is 0. The molecule has 0 saturated carbocycles. The van der Waals surface area contributed by atoms with E-state index in [1.807, 2.05) is 0 Å². The molecule has 0 aromatic rings. The Morgan fingerprint density at radius 1 is 0.844 bits per heavy atom. The zero-order chi connectivity index (χ0) is 24.1. The maximum Gasteiger partial charge on any atom is 0.472 e. The van der Waals surface area contributed by atoms with E-state index in [2.05, 4.69) is 19.2 Å². The smallest absolute Gasteiger partial charge is 0.463 e. The Labute approximate surface area is 193 Å². The number of ether oxygens (including phenoxy) is 1. The van der Waals surface area contributed by atoms with E-state index in [1.165, 1.54) is 12.8 Å². The van der Waals surface area contributed by atoms with Gasteiger partial charge in [-0.3, -0.25) is 18.6 Å². The Bertz CT molecular complexity index is 532. The average Bonchev–Trinajstić information content (AvgIpc) is 2.76. The molecule has 2 unspecified atom stereocenters. The molecule has 0 aliphatic rings. The van der Waals surface area contributed by atoms with E-state index < -0.39 is 26.5 Å². The van der Waals surface area contributed by atoms with Gasteiger partial charge in [0.25, 0.3) is 0 Å². The zero-order valence-corrected chi connectivity index (χ0v) is 20.8. The SMILES string of the molecule is CCCCCCCCC(=O)OCC(O)COP(=O)(O)OCCNC(=O)CCCCCCC. The quantitative estimate of drug-likeness (QED) is 0.119. The normalized spacial score (nSPS) is 14.0. The second-order valence-corrected chi connectivity index (χ2v) is 9.42. The number of aliphatic hydroxyl groups excluding tert-OH is 1. The molecule has 10 heteroatoms. The van der Waals surface area contributed by atoms with Gasteiger partial charge in [0.1, 0.15) is 12.7 Å². The number of hydrogen-bond donors (Lipinski definition) is 3. The number of hydrogen-bond acceptors (Lipinski definition) is 7. The van der Waals surface area contributed by atoms with Crippen molar-refractivity contribution in [1.29, 1.82) is 0 Å². The van der Waals surface area contributed by atoms with Gasteiger partial charge in [-0.05, 0) is 12.8 Å². The van der Waals surface area contributed by atoms with E-state index in [0.717, 1.165) is 57.8 Å². The van der Waals surface area contributed by atoms with Crippen LogP contribution in [0.2, 0.25) is 0 Å². The predicted octanol–water partition coefficient (Wildman–Crippen LogP) is 4.25. The number of rotatable bonds is 22. The highest BCUT2D eigenvalue weighted by Crippen LogP contribution is 2.42. The van der Waals surface area contributed by atoms with Crippen LogP contribution in [0.1, 0.15) is 97.3 Å². The van der Waals surface area contributed by atoms with Crippen molar-refractivity contribution in [3.05, 3.63) is 0 Å². The molecule has 0 aromatic heterocycles. The maximum atomic E-state index is 11.8. The molecule has 0 rings (SSSR count). The monoisotopic (exact) mass is 481 g/mol. The minimum atomic E-state index is -4.37. The van der Waals surface area contributed by atoms with E-state index in [-0.39, 0.29) is 32.1 Å². The molecule has 0 radical (unpaired) electrons. The summed E-state index contributed by atoms with van der Waals surface area (Å²) in [6.45, 7) is 3.33. The first kappa shape index (κ1) is 31.0. The Kier molecular flexibility index (Phi) is 20.0. The molecule has 0 aliphatic carbocycles. The first-order valence-electron chi connectivity index (χ1n) is 12.0. The summed E-state index contributed by atoms with van der Waals surface area (Å²) in [5.74, 6) is -0.541. The van der Waals surface area contributed by atoms with Crippen LogP contribution in [0.4, 0.5) is 0 Å². The summed E-state index contributed by atoms with van der Waals surface area (Å²) in [7, 11) is -4.37. The molecular weight excluding hydrogens is 437 g/mol. The summed E-state index contributed by atoms with van der Waals surface area (Å²) in [4.78, 5) is 32.9. The van der Waals surface area contributed by atoms with Gasteiger partial charge in [0.15, 0.2) is 0 Å². The van der Waals surface area contributed by atoms with Gasteiger partial charge in [0.05, 0.1) is 13.2 Å². The van der Waals surface area contributed by atoms with Crippen molar-refractivity contribution in [2.75, 3.05) is 26.4 Å². The Morgan fingerprint density at radius 2 is 1.41 bits per heavy atom. The number of carbonyl (C=O) groups excluding carboxylic acids is 2. The van der Waals surface area contributed by atoms with Gasteiger partial charge in [0, 0.05) is 19.4 Å². The van der Waals surface area contributed by atoms with E-state index >= 15 is 0 Å². The fourth-order valence-corrected chi connectivity index (χ4v) is 3.66. The van der Waals surface area contributed by atoms with Crippen molar-refractivity contribution in [2.24, 2.45) is 0 Å². The molecule has 3 N–H and O–H groups in total. The molecule has 190 valence electrons. The highest BCUT2D eigenvalue weighted by atomic mass is 31.2. The Hall–Kier alpha value is -0.990. The number of phosphoric ester groups is 1. The van der Waals surface area contributed by atoms with Crippen molar-refractivity contribution in [2.45, 2.75) is 103 Å². The number of unbranched alkanes of at least 4 members (excludes halogenated alkanes) is 9. The third-order valence-electron chi connectivity index (χ3n) is 4.79. The maximum absolute atomic E-state index is 11.8. The second-order valence-electron chi connectivity index (χ2n) is 7.97. The van der Waals surface area contributed by atoms with Crippen LogP contribution in [-0.4, -0.2) is 54.3 Å². The highest BCUT2D eigenvalue weighted by molar-refractivity contribution is 7.47. The fourth-order valence-electron chi connectivity index (χ4n) is 2.91. The zero-order valence-electron chi connectivity index (χ0n) is 19.9. The minimum Gasteiger partial charge on any atom is -0.463 e. The number of amides is 1. The number of nitrogens with one attached hydrogen (secondary N) is 1. The van der Waals surface area contributed by atoms with Crippen LogP contribution in [0.3, 0.4) is 0 Å². The van der Waals surface area contributed by atoms with Crippen molar-refractivity contribution < 1.29 is 37.9 Å². The van der Waals surface area contributed by atoms with Gasteiger partial charge in [-0.1, -0.05) is 71.6 Å². The molecule has 0 spiro atoms. The van der Waals surface area contributed by atoms with Crippen LogP contribution in [0.25, 0.3) is 0 Å². The summed E-state index contributed by atoms with van der Waals surface area (Å²) >= 11 is 0. The summed E-state index contributed by atoms with van der Waals surface area (Å²) in [6.07, 6.45) is 11.0. The molecular formula is C22H44NO8P. The van der Waals surface area contributed by atoms with Gasteiger partial charge in [-0.15, -0.1) is 0 Å². The van der Waals surface area contributed by atoms with Crippen molar-refractivity contribution in [1.82, 2.24) is 5.32 Å². The molecule has 1 amide bonds. The summed E-state index contributed by atoms with van der Waals surface area (Å²) in [5.41, 5.74) is 0. The Morgan fingerprint density at radius 3 is 2.03 bits per heavy atom. The van der Waals surface area contributed by atoms with Crippen LogP contribution in [-0.2, 0) is 27.9 Å². The van der Waals surface area contributed by atoms with Crippen LogP contribution in [0.5, 0.6) is 0 Å². The lowest BCUT2D eigenvalue weighted by Crippen LogP contribution is -2.27. The summed E-state index contributed by atoms with van der Waals surface area (Å²) < 4.78 is 26.2. The molecule has 0 heterocycles. The van der Waals surface area contributed by atoms with Gasteiger partial charge >= 0.3 is 13.8 Å². The van der Waals surface area contributed by atoms with Gasteiger partial charge in [-0.2, -0.15) is 0 Å². The van der Waals surface area contributed by atoms with Crippen molar-refractivity contribution >= 4 is 19.7 Å². The van der Waals surface area contributed by atoms with Gasteiger partial charge in [-0.25, -0.2) is 4.57 Å². The van der Waals surface area contributed by atoms with Crippen molar-refractivity contribution in [3.63, 3.8) is 0 Å². The minimum absolute atomic E-state index is 0.0836. The molecule has 9 nitrogen and oxygen atoms in total. The van der Waals surface area contributed by atoms with Crippen LogP contribution in [0.15, 0.2) is 0 Å². The molecule has 0 bridgehead atoms. The molecule has 2 atom stereocenters. The first-order chi connectivity index (χ1) is 15.3. The Balaban J connectivity index is 3.75. The van der Waals surface area contributed by atoms with Gasteiger partial charge in [0.2, 0.25) is 5.91 Å². The van der Waals surface area contributed by atoms with Crippen LogP contribution in [0, 0.1) is 0 Å². The molecule has 32 heavy (non-hydrogen) atoms. The fraction of sp³-hybridized carbons (Fsp3) is 0.909. The lowest BCUT2D eigenvalue weighted by molar-refractivity contribution is -0.147. The van der Waals surface area contributed by atoms with Crippen LogP contribution < -0.4 is 5.32 Å².